The molecule has 2 N–H and O–H groups in total. The summed E-state index contributed by atoms with van der Waals surface area (Å²) >= 11 is 0. The van der Waals surface area contributed by atoms with E-state index in [2.05, 4.69) is 0 Å². The van der Waals surface area contributed by atoms with E-state index < -0.39 is 17.7 Å². The summed E-state index contributed by atoms with van der Waals surface area (Å²) in [6.45, 7) is 0. The maximum atomic E-state index is 13.2. The van der Waals surface area contributed by atoms with Crippen molar-refractivity contribution in [2.45, 2.75) is 37.8 Å². The van der Waals surface area contributed by atoms with Crippen molar-refractivity contribution in [2.24, 2.45) is 0 Å². The molecule has 31 heavy (non-hydrogen) atoms. The number of aromatic hydroxyl groups is 1. The van der Waals surface area contributed by atoms with Gasteiger partial charge >= 0.3 is 0 Å². The number of phenolic OH excluding ortho intramolecular Hbond substituents is 1. The Labute approximate surface area is 180 Å². The second kappa shape index (κ2) is 8.34. The first-order valence-corrected chi connectivity index (χ1v) is 10.3. The zero-order valence-corrected chi connectivity index (χ0v) is 17.5. The van der Waals surface area contributed by atoms with Crippen LogP contribution in [-0.4, -0.2) is 47.1 Å². The normalized spacial score (nSPS) is 21.0. The minimum Gasteiger partial charge on any atom is -0.508 e. The molecule has 1 unspecified atom stereocenters. The van der Waals surface area contributed by atoms with E-state index in [-0.39, 0.29) is 28.7 Å². The Balaban J connectivity index is 1.92. The number of phenols is 1. The molecule has 0 aromatic heterocycles. The second-order valence-corrected chi connectivity index (χ2v) is 7.80. The number of methoxy groups -OCH3 is 2. The highest BCUT2D eigenvalue weighted by Crippen LogP contribution is 2.44. The van der Waals surface area contributed by atoms with Gasteiger partial charge in [0.2, 0.25) is 0 Å². The minimum absolute atomic E-state index is 0.00847. The van der Waals surface area contributed by atoms with E-state index >= 15 is 0 Å². The molecule has 1 aliphatic carbocycles. The quantitative estimate of drug-likeness (QED) is 0.432. The summed E-state index contributed by atoms with van der Waals surface area (Å²) in [6.07, 6.45) is 3.59. The number of hydrogen-bond donors (Lipinski definition) is 2. The minimum atomic E-state index is -0.750. The number of rotatable bonds is 5. The lowest BCUT2D eigenvalue weighted by Gasteiger charge is -2.30. The number of carbonyl (C=O) groups is 2. The van der Waals surface area contributed by atoms with Crippen LogP contribution in [0.5, 0.6) is 17.2 Å². The Hall–Kier alpha value is -3.48. The third kappa shape index (κ3) is 3.60. The molecule has 1 heterocycles. The van der Waals surface area contributed by atoms with E-state index in [4.69, 9.17) is 9.47 Å². The van der Waals surface area contributed by atoms with Crippen LogP contribution in [0.25, 0.3) is 5.76 Å². The SMILES string of the molecule is COc1ccc(OC)c(/C(O)=C2\C(=O)C(=O)N(C3CCCC3)C2c2ccc(O)cc2)c1. The maximum Gasteiger partial charge on any atom is 0.295 e. The Bertz CT molecular complexity index is 1040. The molecule has 0 spiro atoms. The molecule has 2 fully saturated rings. The predicted molar refractivity (Wildman–Crippen MR) is 114 cm³/mol. The van der Waals surface area contributed by atoms with E-state index in [9.17, 15) is 19.8 Å². The van der Waals surface area contributed by atoms with Crippen LogP contribution in [0, 0.1) is 0 Å². The van der Waals surface area contributed by atoms with Crippen molar-refractivity contribution >= 4 is 17.4 Å². The van der Waals surface area contributed by atoms with Crippen LogP contribution in [0.1, 0.15) is 42.9 Å². The zero-order chi connectivity index (χ0) is 22.1. The van der Waals surface area contributed by atoms with Crippen LogP contribution in [0.3, 0.4) is 0 Å². The molecule has 1 aliphatic heterocycles. The van der Waals surface area contributed by atoms with Crippen LogP contribution >= 0.6 is 0 Å². The molecular weight excluding hydrogens is 398 g/mol. The number of Topliss-reactive ketones (excluding diaryl/α,β-unsaturated/α-hetero) is 1. The third-order valence-corrected chi connectivity index (χ3v) is 6.07. The molecular formula is C24H25NO6. The number of nitrogens with zero attached hydrogens (tertiary/aromatic N) is 1. The van der Waals surface area contributed by atoms with Crippen LogP contribution in [0.4, 0.5) is 0 Å². The number of ether oxygens (including phenoxy) is 2. The Kier molecular flexibility index (Phi) is 5.59. The summed E-state index contributed by atoms with van der Waals surface area (Å²) in [5.74, 6) is -0.743. The third-order valence-electron chi connectivity index (χ3n) is 6.07. The second-order valence-electron chi connectivity index (χ2n) is 7.80. The number of carbonyl (C=O) groups excluding carboxylic acids is 2. The first-order chi connectivity index (χ1) is 15.0. The monoisotopic (exact) mass is 423 g/mol. The van der Waals surface area contributed by atoms with Gasteiger partial charge in [0.25, 0.3) is 11.7 Å². The first kappa shape index (κ1) is 20.8. The Morgan fingerprint density at radius 1 is 1.00 bits per heavy atom. The van der Waals surface area contributed by atoms with Crippen molar-refractivity contribution in [1.29, 1.82) is 0 Å². The number of likely N-dealkylation sites (tertiary alicyclic amines) is 1. The van der Waals surface area contributed by atoms with Crippen LogP contribution < -0.4 is 9.47 Å². The average Bonchev–Trinajstić information content (AvgIpc) is 3.40. The van der Waals surface area contributed by atoms with Crippen molar-refractivity contribution in [3.05, 3.63) is 59.2 Å². The molecule has 2 aromatic rings. The molecule has 0 radical (unpaired) electrons. The fourth-order valence-corrected chi connectivity index (χ4v) is 4.54. The maximum absolute atomic E-state index is 13.2. The van der Waals surface area contributed by atoms with E-state index in [0.29, 0.717) is 17.1 Å². The van der Waals surface area contributed by atoms with E-state index in [0.717, 1.165) is 25.7 Å². The molecule has 7 heteroatoms. The van der Waals surface area contributed by atoms with Gasteiger partial charge in [0.1, 0.15) is 23.0 Å². The number of aliphatic hydroxyl groups excluding tert-OH is 1. The molecule has 1 saturated heterocycles. The summed E-state index contributed by atoms with van der Waals surface area (Å²) in [7, 11) is 2.97. The van der Waals surface area contributed by atoms with E-state index in [1.807, 2.05) is 0 Å². The van der Waals surface area contributed by atoms with Gasteiger partial charge in [-0.1, -0.05) is 25.0 Å². The summed E-state index contributed by atoms with van der Waals surface area (Å²) in [5.41, 5.74) is 0.927. The van der Waals surface area contributed by atoms with Gasteiger partial charge in [-0.05, 0) is 48.7 Å². The molecule has 0 bridgehead atoms. The van der Waals surface area contributed by atoms with Gasteiger partial charge in [-0.2, -0.15) is 0 Å². The lowest BCUT2D eigenvalue weighted by Crippen LogP contribution is -2.37. The number of amides is 1. The number of ketones is 1. The van der Waals surface area contributed by atoms with Crippen LogP contribution in [0.2, 0.25) is 0 Å². The van der Waals surface area contributed by atoms with E-state index in [1.54, 1.807) is 35.2 Å². The predicted octanol–water partition coefficient (Wildman–Crippen LogP) is 3.77. The molecule has 162 valence electrons. The first-order valence-electron chi connectivity index (χ1n) is 10.3. The van der Waals surface area contributed by atoms with Gasteiger partial charge in [0.15, 0.2) is 0 Å². The van der Waals surface area contributed by atoms with Crippen LogP contribution in [-0.2, 0) is 9.59 Å². The standard InChI is InChI=1S/C24H25NO6/c1-30-17-11-12-19(31-2)18(13-17)22(27)20-21(14-7-9-16(26)10-8-14)25(24(29)23(20)28)15-5-3-4-6-15/h7-13,15,21,26-27H,3-6H2,1-2H3/b22-20+. The summed E-state index contributed by atoms with van der Waals surface area (Å²) in [6, 6.07) is 10.4. The molecule has 2 aliphatic rings. The summed E-state index contributed by atoms with van der Waals surface area (Å²) in [4.78, 5) is 27.9. The highest BCUT2D eigenvalue weighted by molar-refractivity contribution is 6.46. The molecule has 2 aromatic carbocycles. The molecule has 1 saturated carbocycles. The highest BCUT2D eigenvalue weighted by atomic mass is 16.5. The van der Waals surface area contributed by atoms with Crippen LogP contribution in [0.15, 0.2) is 48.0 Å². The largest absolute Gasteiger partial charge is 0.508 e. The van der Waals surface area contributed by atoms with Crippen molar-refractivity contribution in [3.8, 4) is 17.2 Å². The highest BCUT2D eigenvalue weighted by Gasteiger charge is 2.49. The summed E-state index contributed by atoms with van der Waals surface area (Å²) < 4.78 is 10.6. The zero-order valence-electron chi connectivity index (χ0n) is 17.5. The van der Waals surface area contributed by atoms with Crippen molar-refractivity contribution in [1.82, 2.24) is 4.90 Å². The van der Waals surface area contributed by atoms with Gasteiger partial charge in [-0.15, -0.1) is 0 Å². The Morgan fingerprint density at radius 2 is 1.68 bits per heavy atom. The fraction of sp³-hybridized carbons (Fsp3) is 0.333. The molecule has 7 nitrogen and oxygen atoms in total. The van der Waals surface area contributed by atoms with Crippen molar-refractivity contribution in [2.75, 3.05) is 14.2 Å². The number of hydrogen-bond acceptors (Lipinski definition) is 6. The molecule has 4 rings (SSSR count). The topological polar surface area (TPSA) is 96.3 Å². The van der Waals surface area contributed by atoms with Gasteiger partial charge in [-0.25, -0.2) is 0 Å². The van der Waals surface area contributed by atoms with Gasteiger partial charge in [0, 0.05) is 6.04 Å². The van der Waals surface area contributed by atoms with Crippen molar-refractivity contribution in [3.63, 3.8) is 0 Å². The summed E-state index contributed by atoms with van der Waals surface area (Å²) in [5, 5.41) is 21.0. The van der Waals surface area contributed by atoms with Crippen molar-refractivity contribution < 1.29 is 29.3 Å². The Morgan fingerprint density at radius 3 is 2.29 bits per heavy atom. The van der Waals surface area contributed by atoms with Gasteiger partial charge in [0.05, 0.1) is 31.4 Å². The molecule has 1 amide bonds. The lowest BCUT2D eigenvalue weighted by molar-refractivity contribution is -0.141. The van der Waals surface area contributed by atoms with E-state index in [1.165, 1.54) is 26.4 Å². The average molecular weight is 423 g/mol. The lowest BCUT2D eigenvalue weighted by atomic mass is 9.94. The molecule has 1 atom stereocenters. The number of aliphatic hydroxyl groups is 1. The van der Waals surface area contributed by atoms with Gasteiger partial charge in [-0.3, -0.25) is 9.59 Å². The fourth-order valence-electron chi connectivity index (χ4n) is 4.54. The van der Waals surface area contributed by atoms with Gasteiger partial charge < -0.3 is 24.6 Å². The number of benzene rings is 2. The smallest absolute Gasteiger partial charge is 0.295 e.